The molecule has 0 atom stereocenters. The van der Waals surface area contributed by atoms with E-state index in [1.54, 1.807) is 6.08 Å². The molecule has 0 N–H and O–H groups in total. The summed E-state index contributed by atoms with van der Waals surface area (Å²) in [5.74, 6) is 0. The van der Waals surface area contributed by atoms with E-state index in [-0.39, 0.29) is 0 Å². The number of ether oxygens (including phenoxy) is 2. The molecule has 0 aromatic carbocycles. The molecular weight excluding hydrogens is 154 g/mol. The summed E-state index contributed by atoms with van der Waals surface area (Å²) in [5, 5.41) is 0. The molecule has 0 radical (unpaired) electrons. The standard InChI is InChI=1S/C9H17NO2/c1-2-6-11-7-3-10-4-8-12-9-5-10/h2H,1,3-9H2. The third kappa shape index (κ3) is 3.85. The lowest BCUT2D eigenvalue weighted by atomic mass is 10.4. The first-order valence-corrected chi connectivity index (χ1v) is 4.42. The van der Waals surface area contributed by atoms with Crippen molar-refractivity contribution >= 4 is 0 Å². The van der Waals surface area contributed by atoms with Crippen LogP contribution in [0.2, 0.25) is 0 Å². The van der Waals surface area contributed by atoms with Crippen LogP contribution in [-0.4, -0.2) is 51.0 Å². The minimum absolute atomic E-state index is 0.657. The summed E-state index contributed by atoms with van der Waals surface area (Å²) in [7, 11) is 0. The molecule has 0 saturated carbocycles. The fourth-order valence-electron chi connectivity index (χ4n) is 1.19. The summed E-state index contributed by atoms with van der Waals surface area (Å²) in [6.45, 7) is 9.86. The van der Waals surface area contributed by atoms with Gasteiger partial charge in [0.15, 0.2) is 0 Å². The van der Waals surface area contributed by atoms with Gasteiger partial charge in [-0.25, -0.2) is 0 Å². The Kier molecular flexibility index (Phi) is 4.99. The average Bonchev–Trinajstić information content (AvgIpc) is 2.14. The van der Waals surface area contributed by atoms with Crippen LogP contribution in [0.5, 0.6) is 0 Å². The molecule has 12 heavy (non-hydrogen) atoms. The molecule has 1 fully saturated rings. The quantitative estimate of drug-likeness (QED) is 0.444. The minimum Gasteiger partial charge on any atom is -0.379 e. The van der Waals surface area contributed by atoms with Gasteiger partial charge in [-0.15, -0.1) is 6.58 Å². The van der Waals surface area contributed by atoms with E-state index in [2.05, 4.69) is 11.5 Å². The number of rotatable bonds is 5. The molecule has 3 heteroatoms. The molecule has 0 unspecified atom stereocenters. The maximum absolute atomic E-state index is 5.28. The van der Waals surface area contributed by atoms with Gasteiger partial charge in [0.2, 0.25) is 0 Å². The van der Waals surface area contributed by atoms with Crippen molar-refractivity contribution in [3.05, 3.63) is 12.7 Å². The van der Waals surface area contributed by atoms with E-state index in [1.807, 2.05) is 0 Å². The third-order valence-corrected chi connectivity index (χ3v) is 1.89. The lowest BCUT2D eigenvalue weighted by Gasteiger charge is -2.26. The Morgan fingerprint density at radius 1 is 1.42 bits per heavy atom. The molecule has 1 saturated heterocycles. The predicted octanol–water partition coefficient (Wildman–Crippen LogP) is 0.521. The Morgan fingerprint density at radius 3 is 2.83 bits per heavy atom. The van der Waals surface area contributed by atoms with Crippen molar-refractivity contribution in [2.75, 3.05) is 46.1 Å². The number of hydrogen-bond donors (Lipinski definition) is 0. The Bertz CT molecular complexity index is 122. The van der Waals surface area contributed by atoms with E-state index < -0.39 is 0 Å². The van der Waals surface area contributed by atoms with Crippen LogP contribution in [0.3, 0.4) is 0 Å². The minimum atomic E-state index is 0.657. The molecule has 1 aliphatic heterocycles. The molecule has 1 heterocycles. The van der Waals surface area contributed by atoms with Crippen molar-refractivity contribution in [1.29, 1.82) is 0 Å². The van der Waals surface area contributed by atoms with Gasteiger partial charge < -0.3 is 9.47 Å². The van der Waals surface area contributed by atoms with Crippen molar-refractivity contribution in [2.24, 2.45) is 0 Å². The van der Waals surface area contributed by atoms with Gasteiger partial charge in [-0.2, -0.15) is 0 Å². The van der Waals surface area contributed by atoms with Gasteiger partial charge in [-0.3, -0.25) is 4.90 Å². The average molecular weight is 171 g/mol. The second-order valence-electron chi connectivity index (χ2n) is 2.82. The van der Waals surface area contributed by atoms with Gasteiger partial charge in [0.1, 0.15) is 0 Å². The number of nitrogens with zero attached hydrogens (tertiary/aromatic N) is 1. The molecule has 0 aliphatic carbocycles. The summed E-state index contributed by atoms with van der Waals surface area (Å²) < 4.78 is 10.5. The zero-order valence-corrected chi connectivity index (χ0v) is 7.50. The maximum atomic E-state index is 5.28. The second kappa shape index (κ2) is 6.17. The van der Waals surface area contributed by atoms with Crippen LogP contribution in [0.25, 0.3) is 0 Å². The highest BCUT2D eigenvalue weighted by Crippen LogP contribution is 1.95. The first-order valence-electron chi connectivity index (χ1n) is 4.42. The first kappa shape index (κ1) is 9.71. The van der Waals surface area contributed by atoms with Crippen molar-refractivity contribution < 1.29 is 9.47 Å². The van der Waals surface area contributed by atoms with E-state index in [0.717, 1.165) is 39.5 Å². The fraction of sp³-hybridized carbons (Fsp3) is 0.778. The Balaban J connectivity index is 1.94. The van der Waals surface area contributed by atoms with Crippen LogP contribution in [0.15, 0.2) is 12.7 Å². The van der Waals surface area contributed by atoms with Gasteiger partial charge in [-0.05, 0) is 0 Å². The number of morpholine rings is 1. The zero-order chi connectivity index (χ0) is 8.65. The summed E-state index contributed by atoms with van der Waals surface area (Å²) in [6, 6.07) is 0. The molecule has 3 nitrogen and oxygen atoms in total. The van der Waals surface area contributed by atoms with Crippen LogP contribution in [0.1, 0.15) is 0 Å². The monoisotopic (exact) mass is 171 g/mol. The van der Waals surface area contributed by atoms with E-state index >= 15 is 0 Å². The second-order valence-corrected chi connectivity index (χ2v) is 2.82. The Hall–Kier alpha value is -0.380. The molecule has 70 valence electrons. The largest absolute Gasteiger partial charge is 0.379 e. The summed E-state index contributed by atoms with van der Waals surface area (Å²) in [6.07, 6.45) is 1.78. The summed E-state index contributed by atoms with van der Waals surface area (Å²) in [4.78, 5) is 2.35. The van der Waals surface area contributed by atoms with Gasteiger partial charge in [0.05, 0.1) is 26.4 Å². The SMILES string of the molecule is C=CCOCCN1CCOCC1. The van der Waals surface area contributed by atoms with Crippen molar-refractivity contribution in [3.63, 3.8) is 0 Å². The van der Waals surface area contributed by atoms with Crippen LogP contribution >= 0.6 is 0 Å². The lowest BCUT2D eigenvalue weighted by molar-refractivity contribution is 0.0234. The van der Waals surface area contributed by atoms with Gasteiger partial charge >= 0.3 is 0 Å². The van der Waals surface area contributed by atoms with Crippen molar-refractivity contribution in [1.82, 2.24) is 4.90 Å². The summed E-state index contributed by atoms with van der Waals surface area (Å²) >= 11 is 0. The van der Waals surface area contributed by atoms with Gasteiger partial charge in [0.25, 0.3) is 0 Å². The smallest absolute Gasteiger partial charge is 0.0645 e. The maximum Gasteiger partial charge on any atom is 0.0645 e. The first-order chi connectivity index (χ1) is 5.93. The molecular formula is C9H17NO2. The highest BCUT2D eigenvalue weighted by molar-refractivity contribution is 4.65. The molecule has 0 aromatic rings. The Morgan fingerprint density at radius 2 is 2.17 bits per heavy atom. The van der Waals surface area contributed by atoms with Crippen molar-refractivity contribution in [2.45, 2.75) is 0 Å². The molecule has 0 aromatic heterocycles. The highest BCUT2D eigenvalue weighted by Gasteiger charge is 2.08. The van der Waals surface area contributed by atoms with E-state index in [0.29, 0.717) is 6.61 Å². The van der Waals surface area contributed by atoms with Crippen LogP contribution in [-0.2, 0) is 9.47 Å². The summed E-state index contributed by atoms with van der Waals surface area (Å²) in [5.41, 5.74) is 0. The van der Waals surface area contributed by atoms with E-state index in [1.165, 1.54) is 0 Å². The van der Waals surface area contributed by atoms with Crippen LogP contribution < -0.4 is 0 Å². The molecule has 1 aliphatic rings. The van der Waals surface area contributed by atoms with E-state index in [4.69, 9.17) is 9.47 Å². The van der Waals surface area contributed by atoms with Gasteiger partial charge in [0, 0.05) is 19.6 Å². The lowest BCUT2D eigenvalue weighted by Crippen LogP contribution is -2.38. The van der Waals surface area contributed by atoms with E-state index in [9.17, 15) is 0 Å². The number of hydrogen-bond acceptors (Lipinski definition) is 3. The molecule has 0 spiro atoms. The molecule has 1 rings (SSSR count). The molecule has 0 amide bonds. The zero-order valence-electron chi connectivity index (χ0n) is 7.50. The topological polar surface area (TPSA) is 21.7 Å². The predicted molar refractivity (Wildman–Crippen MR) is 48.3 cm³/mol. The molecule has 0 bridgehead atoms. The fourth-order valence-corrected chi connectivity index (χ4v) is 1.19. The van der Waals surface area contributed by atoms with Gasteiger partial charge in [-0.1, -0.05) is 6.08 Å². The highest BCUT2D eigenvalue weighted by atomic mass is 16.5. The third-order valence-electron chi connectivity index (χ3n) is 1.89. The van der Waals surface area contributed by atoms with Crippen LogP contribution in [0.4, 0.5) is 0 Å². The van der Waals surface area contributed by atoms with Crippen molar-refractivity contribution in [3.8, 4) is 0 Å². The van der Waals surface area contributed by atoms with Crippen LogP contribution in [0, 0.1) is 0 Å². The Labute approximate surface area is 74.0 Å². The normalized spacial score (nSPS) is 19.3.